The first-order valence-electron chi connectivity index (χ1n) is 7.12. The molecule has 0 saturated heterocycles. The van der Waals surface area contributed by atoms with Crippen LogP contribution >= 0.6 is 15.9 Å². The molecule has 0 spiro atoms. The number of pyridine rings is 1. The molecule has 0 aliphatic heterocycles. The number of amides is 2. The number of hydrogen-bond acceptors (Lipinski definition) is 7. The highest BCUT2D eigenvalue weighted by Gasteiger charge is 2.19. The number of hydrogen-bond donors (Lipinski definition) is 2. The Morgan fingerprint density at radius 3 is 2.72 bits per heavy atom. The van der Waals surface area contributed by atoms with Crippen LogP contribution in [-0.2, 0) is 14.3 Å². The van der Waals surface area contributed by atoms with Crippen LogP contribution in [0.3, 0.4) is 0 Å². The Morgan fingerprint density at radius 1 is 1.24 bits per heavy atom. The van der Waals surface area contributed by atoms with Gasteiger partial charge in [-0.15, -0.1) is 0 Å². The normalized spacial score (nSPS) is 11.3. The third-order valence-electron chi connectivity index (χ3n) is 2.88. The molecular weight excluding hydrogens is 394 g/mol. The average molecular weight is 408 g/mol. The Labute approximate surface area is 151 Å². The lowest BCUT2D eigenvalue weighted by molar-refractivity contribution is -0.152. The molecule has 0 radical (unpaired) electrons. The van der Waals surface area contributed by atoms with E-state index in [1.165, 1.54) is 25.5 Å². The van der Waals surface area contributed by atoms with E-state index in [0.717, 1.165) is 0 Å². The summed E-state index contributed by atoms with van der Waals surface area (Å²) in [5.74, 6) is -1.85. The highest BCUT2D eigenvalue weighted by atomic mass is 79.9. The number of halogens is 1. The van der Waals surface area contributed by atoms with Crippen LogP contribution in [0, 0.1) is 0 Å². The summed E-state index contributed by atoms with van der Waals surface area (Å²) in [5.41, 5.74) is 0.522. The SMILES string of the molecule is C[C@H](OC(=O)CNC(=O)c1cnccn1)C(=O)Nc1cccnc1Br. The number of carbonyl (C=O) groups is 3. The zero-order valence-electron chi connectivity index (χ0n) is 13.1. The average Bonchev–Trinajstić information content (AvgIpc) is 2.62. The van der Waals surface area contributed by atoms with E-state index in [0.29, 0.717) is 10.3 Å². The van der Waals surface area contributed by atoms with Gasteiger partial charge >= 0.3 is 5.97 Å². The second-order valence-corrected chi connectivity index (χ2v) is 5.49. The minimum absolute atomic E-state index is 0.0718. The summed E-state index contributed by atoms with van der Waals surface area (Å²) >= 11 is 3.20. The predicted molar refractivity (Wildman–Crippen MR) is 90.5 cm³/mol. The maximum absolute atomic E-state index is 12.0. The Morgan fingerprint density at radius 2 is 2.04 bits per heavy atom. The molecule has 2 heterocycles. The van der Waals surface area contributed by atoms with Gasteiger partial charge in [0.15, 0.2) is 6.10 Å². The van der Waals surface area contributed by atoms with E-state index in [-0.39, 0.29) is 5.69 Å². The van der Waals surface area contributed by atoms with Gasteiger partial charge in [0, 0.05) is 18.6 Å². The van der Waals surface area contributed by atoms with Crippen molar-refractivity contribution in [1.82, 2.24) is 20.3 Å². The summed E-state index contributed by atoms with van der Waals surface area (Å²) in [6.45, 7) is 1.02. The molecule has 9 nitrogen and oxygen atoms in total. The lowest BCUT2D eigenvalue weighted by atomic mass is 10.3. The molecule has 0 aromatic carbocycles. The molecule has 2 rings (SSSR count). The smallest absolute Gasteiger partial charge is 0.326 e. The zero-order valence-corrected chi connectivity index (χ0v) is 14.7. The van der Waals surface area contributed by atoms with Crippen molar-refractivity contribution in [3.63, 3.8) is 0 Å². The predicted octanol–water partition coefficient (Wildman–Crippen LogP) is 0.934. The molecular formula is C15H14BrN5O4. The number of nitrogens with one attached hydrogen (secondary N) is 2. The van der Waals surface area contributed by atoms with Gasteiger partial charge in [0.2, 0.25) is 0 Å². The minimum Gasteiger partial charge on any atom is -0.451 e. The Bertz CT molecular complexity index is 772. The standard InChI is InChI=1S/C15H14BrN5O4/c1-9(14(23)21-10-3-2-4-19-13(10)16)25-12(22)8-20-15(24)11-7-17-5-6-18-11/h2-7,9H,8H2,1H3,(H,20,24)(H,21,23)/t9-/m0/s1. The summed E-state index contributed by atoms with van der Waals surface area (Å²) in [7, 11) is 0. The first-order chi connectivity index (χ1) is 12.0. The van der Waals surface area contributed by atoms with E-state index in [9.17, 15) is 14.4 Å². The van der Waals surface area contributed by atoms with Crippen LogP contribution in [0.15, 0.2) is 41.5 Å². The largest absolute Gasteiger partial charge is 0.451 e. The molecule has 25 heavy (non-hydrogen) atoms. The number of rotatable bonds is 6. The van der Waals surface area contributed by atoms with Crippen molar-refractivity contribution in [3.05, 3.63) is 47.2 Å². The van der Waals surface area contributed by atoms with E-state index < -0.39 is 30.4 Å². The maximum atomic E-state index is 12.0. The molecule has 1 atom stereocenters. The molecule has 2 aromatic rings. The number of carbonyl (C=O) groups excluding carboxylic acids is 3. The topological polar surface area (TPSA) is 123 Å². The van der Waals surface area contributed by atoms with Crippen LogP contribution < -0.4 is 10.6 Å². The van der Waals surface area contributed by atoms with Gasteiger partial charge in [-0.3, -0.25) is 19.4 Å². The molecule has 130 valence electrons. The van der Waals surface area contributed by atoms with Crippen LogP contribution in [0.25, 0.3) is 0 Å². The summed E-state index contributed by atoms with van der Waals surface area (Å²) in [4.78, 5) is 47.0. The molecule has 2 aromatic heterocycles. The molecule has 0 saturated carbocycles. The molecule has 0 bridgehead atoms. The summed E-state index contributed by atoms with van der Waals surface area (Å²) in [6.07, 6.45) is 4.56. The van der Waals surface area contributed by atoms with Crippen LogP contribution in [0.2, 0.25) is 0 Å². The Kier molecular flexibility index (Phi) is 6.52. The highest BCUT2D eigenvalue weighted by Crippen LogP contribution is 2.18. The number of aromatic nitrogens is 3. The molecule has 0 fully saturated rings. The Balaban J connectivity index is 1.80. The third-order valence-corrected chi connectivity index (χ3v) is 3.52. The number of anilines is 1. The highest BCUT2D eigenvalue weighted by molar-refractivity contribution is 9.10. The quantitative estimate of drug-likeness (QED) is 0.539. The van der Waals surface area contributed by atoms with E-state index in [1.54, 1.807) is 18.3 Å². The first-order valence-corrected chi connectivity index (χ1v) is 7.91. The van der Waals surface area contributed by atoms with Crippen molar-refractivity contribution in [2.45, 2.75) is 13.0 Å². The van der Waals surface area contributed by atoms with Crippen molar-refractivity contribution in [2.75, 3.05) is 11.9 Å². The van der Waals surface area contributed by atoms with Gasteiger partial charge in [-0.1, -0.05) is 0 Å². The number of nitrogens with zero attached hydrogens (tertiary/aromatic N) is 3. The van der Waals surface area contributed by atoms with Gasteiger partial charge in [0.25, 0.3) is 11.8 Å². The number of esters is 1. The third kappa shape index (κ3) is 5.60. The van der Waals surface area contributed by atoms with Gasteiger partial charge < -0.3 is 15.4 Å². The van der Waals surface area contributed by atoms with Gasteiger partial charge in [-0.2, -0.15) is 0 Å². The van der Waals surface area contributed by atoms with Gasteiger partial charge in [-0.05, 0) is 35.0 Å². The second kappa shape index (κ2) is 8.83. The summed E-state index contributed by atoms with van der Waals surface area (Å²) in [6, 6.07) is 3.30. The number of ether oxygens (including phenoxy) is 1. The van der Waals surface area contributed by atoms with Gasteiger partial charge in [0.05, 0.1) is 11.9 Å². The Hall–Kier alpha value is -2.88. The van der Waals surface area contributed by atoms with E-state index in [4.69, 9.17) is 4.74 Å². The fourth-order valence-corrected chi connectivity index (χ4v) is 2.01. The zero-order chi connectivity index (χ0) is 18.2. The van der Waals surface area contributed by atoms with Crippen molar-refractivity contribution in [3.8, 4) is 0 Å². The summed E-state index contributed by atoms with van der Waals surface area (Å²) in [5, 5.41) is 4.91. The van der Waals surface area contributed by atoms with E-state index >= 15 is 0 Å². The van der Waals surface area contributed by atoms with Crippen molar-refractivity contribution < 1.29 is 19.1 Å². The molecule has 2 N–H and O–H groups in total. The van der Waals surface area contributed by atoms with E-state index in [2.05, 4.69) is 41.5 Å². The molecule has 0 aliphatic rings. The van der Waals surface area contributed by atoms with Crippen molar-refractivity contribution in [1.29, 1.82) is 0 Å². The van der Waals surface area contributed by atoms with E-state index in [1.807, 2.05) is 0 Å². The lowest BCUT2D eigenvalue weighted by Gasteiger charge is -2.14. The van der Waals surface area contributed by atoms with Crippen LogP contribution in [0.1, 0.15) is 17.4 Å². The minimum atomic E-state index is -1.05. The molecule has 0 unspecified atom stereocenters. The van der Waals surface area contributed by atoms with Gasteiger partial charge in [0.1, 0.15) is 16.8 Å². The maximum Gasteiger partial charge on any atom is 0.326 e. The van der Waals surface area contributed by atoms with Crippen molar-refractivity contribution in [2.24, 2.45) is 0 Å². The van der Waals surface area contributed by atoms with Crippen LogP contribution in [-0.4, -0.2) is 45.4 Å². The van der Waals surface area contributed by atoms with Crippen molar-refractivity contribution >= 4 is 39.4 Å². The second-order valence-electron chi connectivity index (χ2n) is 4.74. The fourth-order valence-electron chi connectivity index (χ4n) is 1.67. The van der Waals surface area contributed by atoms with Crippen LogP contribution in [0.5, 0.6) is 0 Å². The van der Waals surface area contributed by atoms with Gasteiger partial charge in [-0.25, -0.2) is 9.97 Å². The first kappa shape index (κ1) is 18.5. The fraction of sp³-hybridized carbons (Fsp3) is 0.200. The molecule has 10 heteroatoms. The monoisotopic (exact) mass is 407 g/mol. The molecule has 2 amide bonds. The van der Waals surface area contributed by atoms with Crippen LogP contribution in [0.4, 0.5) is 5.69 Å². The summed E-state index contributed by atoms with van der Waals surface area (Å²) < 4.78 is 5.43. The lowest BCUT2D eigenvalue weighted by Crippen LogP contribution is -2.36. The molecule has 0 aliphatic carbocycles.